The maximum Gasteiger partial charge on any atom is 0.149 e. The fourth-order valence-electron chi connectivity index (χ4n) is 1.19. The van der Waals surface area contributed by atoms with Crippen molar-refractivity contribution in [2.75, 3.05) is 29.6 Å². The number of rotatable bonds is 4. The quantitative estimate of drug-likeness (QED) is 0.750. The van der Waals surface area contributed by atoms with Crippen molar-refractivity contribution in [3.05, 3.63) is 23.8 Å². The standard InChI is InChI=1S/C10H13N3O2S/c1-16(14,15)6-5-13-9-4-2-3-8(7-11)10(9)12/h2-4,13H,5-6,12H2,1H3. The Hall–Kier alpha value is -1.74. The number of nitrogen functional groups attached to an aromatic ring is 1. The first-order valence-corrected chi connectivity index (χ1v) is 6.70. The Morgan fingerprint density at radius 2 is 2.19 bits per heavy atom. The van der Waals surface area contributed by atoms with E-state index in [9.17, 15) is 8.42 Å². The largest absolute Gasteiger partial charge is 0.396 e. The minimum atomic E-state index is -2.99. The molecular formula is C10H13N3O2S. The number of hydrogen-bond acceptors (Lipinski definition) is 5. The molecule has 5 nitrogen and oxygen atoms in total. The summed E-state index contributed by atoms with van der Waals surface area (Å²) in [6.07, 6.45) is 1.17. The predicted molar refractivity (Wildman–Crippen MR) is 63.8 cm³/mol. The van der Waals surface area contributed by atoms with Crippen molar-refractivity contribution in [2.45, 2.75) is 0 Å². The molecule has 0 fully saturated rings. The molecule has 0 aliphatic rings. The fourth-order valence-corrected chi connectivity index (χ4v) is 1.66. The second-order valence-corrected chi connectivity index (χ2v) is 5.70. The van der Waals surface area contributed by atoms with Gasteiger partial charge in [0.2, 0.25) is 0 Å². The van der Waals surface area contributed by atoms with Gasteiger partial charge in [-0.1, -0.05) is 6.07 Å². The van der Waals surface area contributed by atoms with Crippen molar-refractivity contribution >= 4 is 21.2 Å². The highest BCUT2D eigenvalue weighted by Gasteiger charge is 2.05. The summed E-state index contributed by atoms with van der Waals surface area (Å²) in [5, 5.41) is 11.6. The van der Waals surface area contributed by atoms with Crippen molar-refractivity contribution in [3.8, 4) is 6.07 Å². The van der Waals surface area contributed by atoms with Gasteiger partial charge in [-0.15, -0.1) is 0 Å². The predicted octanol–water partition coefficient (Wildman–Crippen LogP) is 0.597. The van der Waals surface area contributed by atoms with Crippen molar-refractivity contribution in [1.29, 1.82) is 5.26 Å². The lowest BCUT2D eigenvalue weighted by atomic mass is 10.1. The van der Waals surface area contributed by atoms with E-state index >= 15 is 0 Å². The number of hydrogen-bond donors (Lipinski definition) is 2. The summed E-state index contributed by atoms with van der Waals surface area (Å²) < 4.78 is 21.8. The van der Waals surface area contributed by atoms with Gasteiger partial charge in [-0.2, -0.15) is 5.26 Å². The van der Waals surface area contributed by atoms with Crippen LogP contribution in [0.3, 0.4) is 0 Å². The zero-order valence-electron chi connectivity index (χ0n) is 8.90. The maximum atomic E-state index is 10.9. The lowest BCUT2D eigenvalue weighted by molar-refractivity contribution is 0.602. The van der Waals surface area contributed by atoms with Crippen LogP contribution in [0.25, 0.3) is 0 Å². The van der Waals surface area contributed by atoms with Crippen LogP contribution in [0.4, 0.5) is 11.4 Å². The molecule has 0 saturated carbocycles. The zero-order valence-corrected chi connectivity index (χ0v) is 9.71. The Labute approximate surface area is 94.8 Å². The van der Waals surface area contributed by atoms with Gasteiger partial charge in [0.1, 0.15) is 15.9 Å². The highest BCUT2D eigenvalue weighted by atomic mass is 32.2. The van der Waals surface area contributed by atoms with Gasteiger partial charge in [0.15, 0.2) is 0 Å². The van der Waals surface area contributed by atoms with Gasteiger partial charge in [0, 0.05) is 12.8 Å². The van der Waals surface area contributed by atoms with Crippen LogP contribution in [0.1, 0.15) is 5.56 Å². The van der Waals surface area contributed by atoms with Crippen LogP contribution in [0.15, 0.2) is 18.2 Å². The van der Waals surface area contributed by atoms with Gasteiger partial charge in [-0.25, -0.2) is 8.42 Å². The molecule has 0 bridgehead atoms. The topological polar surface area (TPSA) is 96.0 Å². The van der Waals surface area contributed by atoms with Crippen LogP contribution in [-0.2, 0) is 9.84 Å². The Bertz CT molecular complexity index is 517. The average molecular weight is 239 g/mol. The molecule has 0 spiro atoms. The lowest BCUT2D eigenvalue weighted by Crippen LogP contribution is -2.15. The molecule has 0 saturated heterocycles. The number of benzene rings is 1. The van der Waals surface area contributed by atoms with Gasteiger partial charge in [-0.3, -0.25) is 0 Å². The molecule has 1 aromatic rings. The molecule has 0 aliphatic carbocycles. The molecule has 6 heteroatoms. The van der Waals surface area contributed by atoms with E-state index in [1.54, 1.807) is 18.2 Å². The molecule has 3 N–H and O–H groups in total. The normalized spacial score (nSPS) is 10.8. The maximum absolute atomic E-state index is 10.9. The van der Waals surface area contributed by atoms with Crippen LogP contribution in [0, 0.1) is 11.3 Å². The number of nitrogens with zero attached hydrogens (tertiary/aromatic N) is 1. The zero-order chi connectivity index (χ0) is 12.2. The minimum absolute atomic E-state index is 0.0310. The molecule has 0 radical (unpaired) electrons. The van der Waals surface area contributed by atoms with E-state index in [1.165, 1.54) is 6.26 Å². The van der Waals surface area contributed by atoms with E-state index in [0.29, 0.717) is 16.9 Å². The molecule has 0 aliphatic heterocycles. The summed E-state index contributed by atoms with van der Waals surface area (Å²) in [7, 11) is -2.99. The summed E-state index contributed by atoms with van der Waals surface area (Å²) in [4.78, 5) is 0. The number of nitrogens with one attached hydrogen (secondary N) is 1. The van der Waals surface area contributed by atoms with Gasteiger partial charge < -0.3 is 11.1 Å². The SMILES string of the molecule is CS(=O)(=O)CCNc1cccc(C#N)c1N. The van der Waals surface area contributed by atoms with Crippen molar-refractivity contribution in [1.82, 2.24) is 0 Å². The third kappa shape index (κ3) is 3.44. The van der Waals surface area contributed by atoms with Gasteiger partial charge >= 0.3 is 0 Å². The fraction of sp³-hybridized carbons (Fsp3) is 0.300. The summed E-state index contributed by atoms with van der Waals surface area (Å²) in [6, 6.07) is 6.97. The molecule has 1 aromatic carbocycles. The Morgan fingerprint density at radius 3 is 2.75 bits per heavy atom. The monoisotopic (exact) mass is 239 g/mol. The van der Waals surface area contributed by atoms with Crippen molar-refractivity contribution in [3.63, 3.8) is 0 Å². The Kier molecular flexibility index (Phi) is 3.74. The van der Waals surface area contributed by atoms with E-state index in [2.05, 4.69) is 5.32 Å². The first-order valence-electron chi connectivity index (χ1n) is 4.64. The van der Waals surface area contributed by atoms with Gasteiger partial charge in [-0.05, 0) is 12.1 Å². The third-order valence-electron chi connectivity index (χ3n) is 2.01. The summed E-state index contributed by atoms with van der Waals surface area (Å²) in [5.74, 6) is 0.0310. The molecule has 16 heavy (non-hydrogen) atoms. The van der Waals surface area contributed by atoms with Crippen molar-refractivity contribution < 1.29 is 8.42 Å². The van der Waals surface area contributed by atoms with E-state index in [0.717, 1.165) is 0 Å². The Morgan fingerprint density at radius 1 is 1.50 bits per heavy atom. The van der Waals surface area contributed by atoms with Gasteiger partial charge in [0.25, 0.3) is 0 Å². The van der Waals surface area contributed by atoms with E-state index < -0.39 is 9.84 Å². The number of para-hydroxylation sites is 1. The second-order valence-electron chi connectivity index (χ2n) is 3.44. The van der Waals surface area contributed by atoms with Crippen LogP contribution >= 0.6 is 0 Å². The first kappa shape index (κ1) is 12.3. The molecule has 1 rings (SSSR count). The highest BCUT2D eigenvalue weighted by molar-refractivity contribution is 7.90. The van der Waals surface area contributed by atoms with Crippen LogP contribution < -0.4 is 11.1 Å². The number of sulfone groups is 1. The molecule has 0 amide bonds. The molecule has 0 aromatic heterocycles. The van der Waals surface area contributed by atoms with Crippen molar-refractivity contribution in [2.24, 2.45) is 0 Å². The van der Waals surface area contributed by atoms with Crippen LogP contribution in [0.5, 0.6) is 0 Å². The first-order chi connectivity index (χ1) is 7.44. The molecule has 0 heterocycles. The highest BCUT2D eigenvalue weighted by Crippen LogP contribution is 2.21. The summed E-state index contributed by atoms with van der Waals surface area (Å²) in [5.41, 5.74) is 7.02. The summed E-state index contributed by atoms with van der Waals surface area (Å²) >= 11 is 0. The average Bonchev–Trinajstić information content (AvgIpc) is 2.19. The van der Waals surface area contributed by atoms with Gasteiger partial charge in [0.05, 0.1) is 22.7 Å². The molecule has 0 unspecified atom stereocenters. The third-order valence-corrected chi connectivity index (χ3v) is 2.96. The second kappa shape index (κ2) is 4.86. The van der Waals surface area contributed by atoms with Crippen LogP contribution in [-0.4, -0.2) is 27.0 Å². The minimum Gasteiger partial charge on any atom is -0.396 e. The molecule has 86 valence electrons. The molecule has 0 atom stereocenters. The lowest BCUT2D eigenvalue weighted by Gasteiger charge is -2.09. The Balaban J connectivity index is 2.73. The summed E-state index contributed by atoms with van der Waals surface area (Å²) in [6.45, 7) is 0.276. The number of anilines is 2. The smallest absolute Gasteiger partial charge is 0.149 e. The number of nitrogens with two attached hydrogens (primary N) is 1. The number of nitriles is 1. The van der Waals surface area contributed by atoms with Crippen LogP contribution in [0.2, 0.25) is 0 Å². The van der Waals surface area contributed by atoms with E-state index in [4.69, 9.17) is 11.0 Å². The molecular weight excluding hydrogens is 226 g/mol. The van der Waals surface area contributed by atoms with E-state index in [-0.39, 0.29) is 12.3 Å². The van der Waals surface area contributed by atoms with E-state index in [1.807, 2.05) is 6.07 Å².